The Labute approximate surface area is 117 Å². The molecule has 0 aliphatic heterocycles. The van der Waals surface area contributed by atoms with Gasteiger partial charge in [0.2, 0.25) is 0 Å². The van der Waals surface area contributed by atoms with E-state index in [-0.39, 0.29) is 16.6 Å². The lowest BCUT2D eigenvalue weighted by Gasteiger charge is -1.93. The second-order valence-electron chi connectivity index (χ2n) is 3.19. The second kappa shape index (κ2) is 6.72. The number of methoxy groups -OCH3 is 1. The summed E-state index contributed by atoms with van der Waals surface area (Å²) >= 11 is 8.89. The minimum absolute atomic E-state index is 0.0877. The number of rotatable bonds is 2. The molecule has 0 aliphatic carbocycles. The Morgan fingerprint density at radius 1 is 1.67 bits per heavy atom. The van der Waals surface area contributed by atoms with Crippen molar-refractivity contribution in [2.45, 2.75) is 6.92 Å². The Bertz CT molecular complexity index is 555. The number of ether oxygens (including phenoxy) is 1. The van der Waals surface area contributed by atoms with Crippen LogP contribution in [0.15, 0.2) is 15.1 Å². The van der Waals surface area contributed by atoms with Gasteiger partial charge in [0.05, 0.1) is 11.1 Å². The van der Waals surface area contributed by atoms with E-state index in [9.17, 15) is 4.79 Å². The molecule has 0 spiro atoms. The van der Waals surface area contributed by atoms with Crippen molar-refractivity contribution in [1.29, 1.82) is 0 Å². The van der Waals surface area contributed by atoms with Crippen molar-refractivity contribution in [1.82, 2.24) is 4.98 Å². The monoisotopic (exact) mass is 334 g/mol. The highest BCUT2D eigenvalue weighted by Gasteiger charge is 2.14. The van der Waals surface area contributed by atoms with Crippen LogP contribution in [0.25, 0.3) is 11.0 Å². The van der Waals surface area contributed by atoms with E-state index in [1.165, 1.54) is 0 Å². The molecule has 2 rings (SSSR count). The van der Waals surface area contributed by atoms with Gasteiger partial charge in [-0.25, -0.2) is 4.98 Å². The molecule has 2 heterocycles. The molecule has 0 radical (unpaired) electrons. The summed E-state index contributed by atoms with van der Waals surface area (Å²) in [6, 6.07) is 1.55. The van der Waals surface area contributed by atoms with Gasteiger partial charge in [0.15, 0.2) is 22.2 Å². The third-order valence-corrected chi connectivity index (χ3v) is 2.79. The van der Waals surface area contributed by atoms with E-state index < -0.39 is 0 Å². The van der Waals surface area contributed by atoms with E-state index in [1.54, 1.807) is 13.2 Å². The van der Waals surface area contributed by atoms with Crippen LogP contribution in [0.5, 0.6) is 0 Å². The summed E-state index contributed by atoms with van der Waals surface area (Å²) in [4.78, 5) is 14.5. The third-order valence-electron chi connectivity index (χ3n) is 2.06. The van der Waals surface area contributed by atoms with E-state index in [1.807, 2.05) is 6.92 Å². The van der Waals surface area contributed by atoms with Crippen LogP contribution in [0.3, 0.4) is 0 Å². The summed E-state index contributed by atoms with van der Waals surface area (Å²) in [5.74, 6) is 0.0877. The van der Waals surface area contributed by atoms with E-state index in [0.717, 1.165) is 6.61 Å². The molecular weight excluding hydrogens is 323 g/mol. The molecule has 7 heteroatoms. The molecule has 2 aromatic heterocycles. The number of fused-ring (bicyclic) bond motifs is 1. The number of aldehydes is 1. The third kappa shape index (κ3) is 3.22. The van der Waals surface area contributed by atoms with Crippen LogP contribution in [0.4, 0.5) is 5.69 Å². The maximum absolute atomic E-state index is 10.6. The minimum Gasteiger partial charge on any atom is -0.448 e. The molecule has 0 aromatic carbocycles. The fraction of sp³-hybridized carbons (Fsp3) is 0.273. The van der Waals surface area contributed by atoms with Crippen molar-refractivity contribution in [3.05, 3.63) is 21.6 Å². The zero-order chi connectivity index (χ0) is 13.7. The fourth-order valence-electron chi connectivity index (χ4n) is 1.15. The Balaban J connectivity index is 0.000000357. The summed E-state index contributed by atoms with van der Waals surface area (Å²) in [6.07, 6.45) is 0.551. The van der Waals surface area contributed by atoms with Crippen molar-refractivity contribution in [2.75, 3.05) is 19.5 Å². The van der Waals surface area contributed by atoms with E-state index in [2.05, 4.69) is 25.7 Å². The highest BCUT2D eigenvalue weighted by molar-refractivity contribution is 9.10. The maximum atomic E-state index is 10.6. The lowest BCUT2D eigenvalue weighted by atomic mass is 10.2. The van der Waals surface area contributed by atoms with Gasteiger partial charge in [0.1, 0.15) is 5.15 Å². The average molecular weight is 336 g/mol. The maximum Gasteiger partial charge on any atom is 0.190 e. The zero-order valence-electron chi connectivity index (χ0n) is 9.87. The normalized spacial score (nSPS) is 10.0. The van der Waals surface area contributed by atoms with Gasteiger partial charge in [-0.3, -0.25) is 4.79 Å². The summed E-state index contributed by atoms with van der Waals surface area (Å²) < 4.78 is 10.1. The molecule has 0 bridgehead atoms. The van der Waals surface area contributed by atoms with Gasteiger partial charge >= 0.3 is 0 Å². The van der Waals surface area contributed by atoms with Crippen molar-refractivity contribution in [3.63, 3.8) is 0 Å². The SMILES string of the molecule is CCOC.Nc1c(C=O)oc2c(Br)nc(Cl)cc12. The number of nitrogens with zero attached hydrogens (tertiary/aromatic N) is 1. The van der Waals surface area contributed by atoms with E-state index in [0.29, 0.717) is 21.9 Å². The van der Waals surface area contributed by atoms with Crippen LogP contribution in [-0.2, 0) is 4.74 Å². The van der Waals surface area contributed by atoms with Crippen LogP contribution >= 0.6 is 27.5 Å². The van der Waals surface area contributed by atoms with Gasteiger partial charge in [-0.1, -0.05) is 11.6 Å². The average Bonchev–Trinajstić information content (AvgIpc) is 2.67. The van der Waals surface area contributed by atoms with Gasteiger partial charge in [0.25, 0.3) is 0 Å². The second-order valence-corrected chi connectivity index (χ2v) is 4.33. The number of aromatic nitrogens is 1. The summed E-state index contributed by atoms with van der Waals surface area (Å²) in [5, 5.41) is 0.869. The molecule has 0 unspecified atom stereocenters. The quantitative estimate of drug-likeness (QED) is 0.673. The molecule has 0 fully saturated rings. The Hall–Kier alpha value is -1.11. The smallest absolute Gasteiger partial charge is 0.190 e. The molecule has 2 N–H and O–H groups in total. The van der Waals surface area contributed by atoms with Crippen molar-refractivity contribution >= 4 is 50.5 Å². The van der Waals surface area contributed by atoms with Gasteiger partial charge < -0.3 is 14.9 Å². The lowest BCUT2D eigenvalue weighted by molar-refractivity contribution is 0.110. The van der Waals surface area contributed by atoms with Gasteiger partial charge in [-0.15, -0.1) is 0 Å². The lowest BCUT2D eigenvalue weighted by Crippen LogP contribution is -1.87. The number of carbonyl (C=O) groups is 1. The molecule has 0 saturated heterocycles. The van der Waals surface area contributed by atoms with Crippen LogP contribution < -0.4 is 5.73 Å². The van der Waals surface area contributed by atoms with Gasteiger partial charge in [-0.05, 0) is 28.9 Å². The molecule has 18 heavy (non-hydrogen) atoms. The van der Waals surface area contributed by atoms with Crippen LogP contribution in [0.2, 0.25) is 5.15 Å². The topological polar surface area (TPSA) is 78.4 Å². The number of pyridine rings is 1. The molecule has 0 amide bonds. The van der Waals surface area contributed by atoms with Crippen LogP contribution in [0.1, 0.15) is 17.5 Å². The zero-order valence-corrected chi connectivity index (χ0v) is 12.2. The van der Waals surface area contributed by atoms with Crippen molar-refractivity contribution in [2.24, 2.45) is 0 Å². The molecule has 0 aliphatic rings. The number of nitrogens with two attached hydrogens (primary N) is 1. The van der Waals surface area contributed by atoms with Gasteiger partial charge in [0, 0.05) is 13.7 Å². The molecular formula is C11H12BrClN2O3. The molecule has 5 nitrogen and oxygen atoms in total. The van der Waals surface area contributed by atoms with Crippen LogP contribution in [0, 0.1) is 0 Å². The molecule has 2 aromatic rings. The number of nitrogen functional groups attached to an aromatic ring is 1. The summed E-state index contributed by atoms with van der Waals surface area (Å²) in [5.41, 5.74) is 6.36. The Morgan fingerprint density at radius 3 is 2.78 bits per heavy atom. The number of hydrogen-bond acceptors (Lipinski definition) is 5. The number of anilines is 1. The van der Waals surface area contributed by atoms with E-state index >= 15 is 0 Å². The highest BCUT2D eigenvalue weighted by atomic mass is 79.9. The van der Waals surface area contributed by atoms with Crippen molar-refractivity contribution < 1.29 is 13.9 Å². The van der Waals surface area contributed by atoms with Crippen LogP contribution in [-0.4, -0.2) is 25.0 Å². The first kappa shape index (κ1) is 14.9. The Kier molecular flexibility index (Phi) is 5.58. The Morgan fingerprint density at radius 2 is 2.28 bits per heavy atom. The predicted molar refractivity (Wildman–Crippen MR) is 74.1 cm³/mol. The number of halogens is 2. The summed E-state index contributed by atoms with van der Waals surface area (Å²) in [6.45, 7) is 2.78. The van der Waals surface area contributed by atoms with E-state index in [4.69, 9.17) is 21.8 Å². The molecule has 0 atom stereocenters. The number of furan rings is 1. The largest absolute Gasteiger partial charge is 0.448 e. The summed E-state index contributed by atoms with van der Waals surface area (Å²) in [7, 11) is 1.68. The predicted octanol–water partition coefficient (Wildman–Crippen LogP) is 3.29. The first-order chi connectivity index (χ1) is 8.54. The van der Waals surface area contributed by atoms with Crippen molar-refractivity contribution in [3.8, 4) is 0 Å². The number of carbonyl (C=O) groups excluding carboxylic acids is 1. The standard InChI is InChI=1S/C8H4BrClN2O2.C3H8O/c9-8-7-3(1-5(10)12-8)6(11)4(2-13)14-7;1-3-4-2/h1-2H,11H2;3H2,1-2H3. The molecule has 98 valence electrons. The highest BCUT2D eigenvalue weighted by Crippen LogP contribution is 2.33. The minimum atomic E-state index is 0.0877. The number of hydrogen-bond donors (Lipinski definition) is 1. The molecule has 0 saturated carbocycles. The first-order valence-corrected chi connectivity index (χ1v) is 6.20. The first-order valence-electron chi connectivity index (χ1n) is 5.03. The van der Waals surface area contributed by atoms with Gasteiger partial charge in [-0.2, -0.15) is 0 Å². The fourth-order valence-corrected chi connectivity index (χ4v) is 1.94.